The predicted octanol–water partition coefficient (Wildman–Crippen LogP) is 3.10. The molecule has 6 heteroatoms. The molecule has 5 nitrogen and oxygen atoms in total. The van der Waals surface area contributed by atoms with Gasteiger partial charge in [-0.3, -0.25) is 9.59 Å². The van der Waals surface area contributed by atoms with Crippen molar-refractivity contribution in [2.75, 3.05) is 0 Å². The molecule has 3 atom stereocenters. The average Bonchev–Trinajstić information content (AvgIpc) is 2.71. The molecule has 3 N–H and O–H groups in total. The lowest BCUT2D eigenvalue weighted by Crippen LogP contribution is -2.57. The van der Waals surface area contributed by atoms with Gasteiger partial charge in [-0.2, -0.15) is 0 Å². The van der Waals surface area contributed by atoms with Crippen molar-refractivity contribution in [3.05, 3.63) is 35.4 Å². The lowest BCUT2D eigenvalue weighted by Gasteiger charge is -2.31. The highest BCUT2D eigenvalue weighted by Crippen LogP contribution is 2.19. The monoisotopic (exact) mass is 407 g/mol. The number of benzene rings is 1. The smallest absolute Gasteiger partial charge is 0.243 e. The minimum absolute atomic E-state index is 0. The van der Waals surface area contributed by atoms with Crippen LogP contribution in [0.15, 0.2) is 24.3 Å². The summed E-state index contributed by atoms with van der Waals surface area (Å²) < 4.78 is 0. The summed E-state index contributed by atoms with van der Waals surface area (Å²) in [4.78, 5) is 25.8. The summed E-state index contributed by atoms with van der Waals surface area (Å²) in [6, 6.07) is 7.72. The molecule has 1 fully saturated rings. The van der Waals surface area contributed by atoms with Crippen molar-refractivity contribution in [3.8, 4) is 0 Å². The first kappa shape index (κ1) is 22.7. The van der Waals surface area contributed by atoms with Gasteiger partial charge < -0.3 is 16.0 Å². The summed E-state index contributed by atoms with van der Waals surface area (Å²) in [6.07, 6.45) is 7.23. The first-order valence-corrected chi connectivity index (χ1v) is 10.5. The minimum atomic E-state index is -0.469. The van der Waals surface area contributed by atoms with Crippen molar-refractivity contribution < 1.29 is 9.59 Å². The molecule has 1 aromatic rings. The van der Waals surface area contributed by atoms with Crippen LogP contribution in [0.4, 0.5) is 0 Å². The van der Waals surface area contributed by atoms with Crippen molar-refractivity contribution in [3.63, 3.8) is 0 Å². The van der Waals surface area contributed by atoms with Gasteiger partial charge in [-0.25, -0.2) is 0 Å². The molecule has 0 aromatic heterocycles. The fourth-order valence-electron chi connectivity index (χ4n) is 4.13. The zero-order valence-electron chi connectivity index (χ0n) is 17.0. The van der Waals surface area contributed by atoms with Gasteiger partial charge in [-0.1, -0.05) is 63.8 Å². The summed E-state index contributed by atoms with van der Waals surface area (Å²) in [5, 5.41) is 9.54. The average molecular weight is 408 g/mol. The number of hydrogen-bond donors (Lipinski definition) is 3. The van der Waals surface area contributed by atoms with E-state index in [4.69, 9.17) is 0 Å². The first-order valence-electron chi connectivity index (χ1n) is 10.5. The van der Waals surface area contributed by atoms with Crippen LogP contribution >= 0.6 is 12.4 Å². The van der Waals surface area contributed by atoms with E-state index in [0.717, 1.165) is 19.3 Å². The van der Waals surface area contributed by atoms with Crippen molar-refractivity contribution in [2.45, 2.75) is 83.5 Å². The molecule has 0 bridgehead atoms. The Morgan fingerprint density at radius 3 is 2.50 bits per heavy atom. The van der Waals surface area contributed by atoms with Crippen LogP contribution in [0.25, 0.3) is 0 Å². The summed E-state index contributed by atoms with van der Waals surface area (Å²) in [5.74, 6) is 0.00261. The van der Waals surface area contributed by atoms with Crippen LogP contribution in [0.1, 0.15) is 63.5 Å². The van der Waals surface area contributed by atoms with Crippen molar-refractivity contribution in [1.82, 2.24) is 16.0 Å². The number of carbonyl (C=O) groups excluding carboxylic acids is 2. The highest BCUT2D eigenvalue weighted by molar-refractivity contribution is 5.90. The van der Waals surface area contributed by atoms with E-state index in [9.17, 15) is 9.59 Å². The molecular formula is C22H34ClN3O2. The van der Waals surface area contributed by atoms with Crippen molar-refractivity contribution in [1.29, 1.82) is 0 Å². The van der Waals surface area contributed by atoms with Gasteiger partial charge in [0, 0.05) is 12.6 Å². The number of nitrogens with one attached hydrogen (secondary N) is 3. The van der Waals surface area contributed by atoms with Gasteiger partial charge >= 0.3 is 0 Å². The van der Waals surface area contributed by atoms with Crippen LogP contribution in [0, 0.1) is 5.92 Å². The Morgan fingerprint density at radius 1 is 1.14 bits per heavy atom. The van der Waals surface area contributed by atoms with E-state index in [2.05, 4.69) is 35.0 Å². The second-order valence-electron chi connectivity index (χ2n) is 8.12. The SMILES string of the molecule is CCC(C)[C@H](NC(=O)[C@@H]1Cc2ccccc2CN1)C(=O)NC1CCCCC1.Cl. The van der Waals surface area contributed by atoms with Gasteiger partial charge in [0.25, 0.3) is 0 Å². The van der Waals surface area contributed by atoms with E-state index < -0.39 is 6.04 Å². The van der Waals surface area contributed by atoms with Gasteiger partial charge in [0.2, 0.25) is 11.8 Å². The topological polar surface area (TPSA) is 70.2 Å². The van der Waals surface area contributed by atoms with E-state index >= 15 is 0 Å². The quantitative estimate of drug-likeness (QED) is 0.678. The molecule has 0 radical (unpaired) electrons. The fraction of sp³-hybridized carbons (Fsp3) is 0.636. The number of halogens is 1. The Kier molecular flexibility index (Phi) is 8.77. The fourth-order valence-corrected chi connectivity index (χ4v) is 4.13. The molecule has 0 spiro atoms. The molecule has 1 aromatic carbocycles. The molecule has 1 aliphatic carbocycles. The van der Waals surface area contributed by atoms with Crippen molar-refractivity contribution in [2.24, 2.45) is 5.92 Å². The van der Waals surface area contributed by atoms with Crippen molar-refractivity contribution >= 4 is 24.2 Å². The Morgan fingerprint density at radius 2 is 1.82 bits per heavy atom. The van der Waals surface area contributed by atoms with Gasteiger partial charge in [-0.05, 0) is 36.3 Å². The second kappa shape index (κ2) is 10.8. The van der Waals surface area contributed by atoms with Crippen LogP contribution in [-0.4, -0.2) is 29.9 Å². The lowest BCUT2D eigenvalue weighted by atomic mass is 9.92. The van der Waals surface area contributed by atoms with Crippen LogP contribution in [0.2, 0.25) is 0 Å². The largest absolute Gasteiger partial charge is 0.352 e. The third-order valence-electron chi connectivity index (χ3n) is 6.14. The first-order chi connectivity index (χ1) is 13.1. The molecule has 156 valence electrons. The van der Waals surface area contributed by atoms with Crippen LogP contribution in [-0.2, 0) is 22.6 Å². The molecule has 1 saturated carbocycles. The summed E-state index contributed by atoms with van der Waals surface area (Å²) in [5.41, 5.74) is 2.46. The highest BCUT2D eigenvalue weighted by atomic mass is 35.5. The minimum Gasteiger partial charge on any atom is -0.352 e. The van der Waals surface area contributed by atoms with E-state index in [1.807, 2.05) is 19.1 Å². The summed E-state index contributed by atoms with van der Waals surface area (Å²) >= 11 is 0. The van der Waals surface area contributed by atoms with E-state index in [-0.39, 0.29) is 42.2 Å². The lowest BCUT2D eigenvalue weighted by molar-refractivity contribution is -0.131. The number of amides is 2. The highest BCUT2D eigenvalue weighted by Gasteiger charge is 2.31. The van der Waals surface area contributed by atoms with Crippen LogP contribution < -0.4 is 16.0 Å². The van der Waals surface area contributed by atoms with Crippen LogP contribution in [0.3, 0.4) is 0 Å². The van der Waals surface area contributed by atoms with Gasteiger partial charge in [0.05, 0.1) is 6.04 Å². The number of carbonyl (C=O) groups is 2. The summed E-state index contributed by atoms with van der Waals surface area (Å²) in [6.45, 7) is 4.79. The molecular weight excluding hydrogens is 374 g/mol. The molecule has 2 amide bonds. The zero-order valence-corrected chi connectivity index (χ0v) is 17.8. The number of hydrogen-bond acceptors (Lipinski definition) is 3. The van der Waals surface area contributed by atoms with E-state index in [1.165, 1.54) is 30.4 Å². The third kappa shape index (κ3) is 5.71. The maximum absolute atomic E-state index is 12.9. The Labute approximate surface area is 174 Å². The zero-order chi connectivity index (χ0) is 19.2. The maximum Gasteiger partial charge on any atom is 0.243 e. The van der Waals surface area contributed by atoms with E-state index in [0.29, 0.717) is 13.0 Å². The molecule has 1 heterocycles. The van der Waals surface area contributed by atoms with E-state index in [1.54, 1.807) is 0 Å². The standard InChI is InChI=1S/C22H33N3O2.ClH/c1-3-15(2)20(22(27)24-18-11-5-4-6-12-18)25-21(26)19-13-16-9-7-8-10-17(16)14-23-19;/h7-10,15,18-20,23H,3-6,11-14H2,1-2H3,(H,24,27)(H,25,26);1H/t15?,19-,20-;/m0./s1. The molecule has 2 aliphatic rings. The molecule has 28 heavy (non-hydrogen) atoms. The molecule has 3 rings (SSSR count). The second-order valence-corrected chi connectivity index (χ2v) is 8.12. The third-order valence-corrected chi connectivity index (χ3v) is 6.14. The predicted molar refractivity (Wildman–Crippen MR) is 114 cm³/mol. The maximum atomic E-state index is 12.9. The Bertz CT molecular complexity index is 661. The molecule has 1 aliphatic heterocycles. The Hall–Kier alpha value is -1.59. The van der Waals surface area contributed by atoms with Crippen LogP contribution in [0.5, 0.6) is 0 Å². The molecule has 1 unspecified atom stereocenters. The number of rotatable bonds is 6. The molecule has 0 saturated heterocycles. The van der Waals surface area contributed by atoms with Gasteiger partial charge in [0.15, 0.2) is 0 Å². The summed E-state index contributed by atoms with van der Waals surface area (Å²) in [7, 11) is 0. The Balaban J connectivity index is 0.00000280. The van der Waals surface area contributed by atoms with Gasteiger partial charge in [-0.15, -0.1) is 12.4 Å². The number of fused-ring (bicyclic) bond motifs is 1. The van der Waals surface area contributed by atoms with Gasteiger partial charge in [0.1, 0.15) is 6.04 Å². The normalized spacial score (nSPS) is 21.6.